The highest BCUT2D eigenvalue weighted by Gasteiger charge is 2.27. The van der Waals surface area contributed by atoms with E-state index in [4.69, 9.17) is 9.72 Å². The number of hydrogen-bond acceptors (Lipinski definition) is 4. The monoisotopic (exact) mass is 387 g/mol. The van der Waals surface area contributed by atoms with Crippen molar-refractivity contribution < 1.29 is 9.53 Å². The fourth-order valence-electron chi connectivity index (χ4n) is 2.83. The van der Waals surface area contributed by atoms with E-state index in [-0.39, 0.29) is 11.9 Å². The van der Waals surface area contributed by atoms with E-state index in [2.05, 4.69) is 26.1 Å². The minimum absolute atomic E-state index is 0.0957. The second-order valence-electron chi connectivity index (χ2n) is 5.73. The van der Waals surface area contributed by atoms with Crippen LogP contribution in [0.3, 0.4) is 0 Å². The zero-order valence-corrected chi connectivity index (χ0v) is 15.3. The molecule has 3 aromatic rings. The predicted molar refractivity (Wildman–Crippen MR) is 97.1 cm³/mol. The third kappa shape index (κ3) is 2.82. The van der Waals surface area contributed by atoms with Crippen molar-refractivity contribution in [2.75, 3.05) is 6.61 Å². The van der Waals surface area contributed by atoms with Crippen molar-refractivity contribution in [1.82, 2.24) is 15.2 Å². The maximum absolute atomic E-state index is 12.7. The molecular weight excluding hydrogens is 370 g/mol. The molecule has 0 saturated heterocycles. The number of nitrogens with one attached hydrogen (secondary N) is 1. The lowest BCUT2D eigenvalue weighted by Gasteiger charge is -2.17. The SMILES string of the molecule is CCOC(=O)c1c(C(C)C)c(-c2ccccc2)nc2n[nH]c(Br)c12. The third-order valence-electron chi connectivity index (χ3n) is 3.80. The minimum Gasteiger partial charge on any atom is -0.462 e. The molecule has 24 heavy (non-hydrogen) atoms. The molecule has 1 N–H and O–H groups in total. The van der Waals surface area contributed by atoms with E-state index >= 15 is 0 Å². The van der Waals surface area contributed by atoms with E-state index in [1.54, 1.807) is 6.92 Å². The van der Waals surface area contributed by atoms with Crippen molar-refractivity contribution in [1.29, 1.82) is 0 Å². The Kier molecular flexibility index (Phi) is 4.66. The van der Waals surface area contributed by atoms with Gasteiger partial charge in [-0.25, -0.2) is 9.78 Å². The van der Waals surface area contributed by atoms with Crippen LogP contribution in [0.25, 0.3) is 22.3 Å². The summed E-state index contributed by atoms with van der Waals surface area (Å²) in [7, 11) is 0. The summed E-state index contributed by atoms with van der Waals surface area (Å²) in [6, 6.07) is 9.83. The molecule has 0 aliphatic heterocycles. The van der Waals surface area contributed by atoms with Crippen molar-refractivity contribution in [3.8, 4) is 11.3 Å². The van der Waals surface area contributed by atoms with Gasteiger partial charge in [-0.1, -0.05) is 44.2 Å². The molecule has 0 saturated carbocycles. The molecule has 2 heterocycles. The number of ether oxygens (including phenoxy) is 1. The van der Waals surface area contributed by atoms with Crippen LogP contribution < -0.4 is 0 Å². The maximum Gasteiger partial charge on any atom is 0.339 e. The van der Waals surface area contributed by atoms with E-state index in [1.807, 2.05) is 44.2 Å². The second-order valence-corrected chi connectivity index (χ2v) is 6.52. The summed E-state index contributed by atoms with van der Waals surface area (Å²) in [6.45, 7) is 6.21. The number of aromatic amines is 1. The van der Waals surface area contributed by atoms with E-state index in [9.17, 15) is 4.79 Å². The van der Waals surface area contributed by atoms with Gasteiger partial charge in [0.1, 0.15) is 4.60 Å². The Balaban J connectivity index is 2.41. The van der Waals surface area contributed by atoms with Crippen molar-refractivity contribution in [3.05, 3.63) is 46.1 Å². The molecule has 0 spiro atoms. The van der Waals surface area contributed by atoms with Crippen LogP contribution in [0.4, 0.5) is 0 Å². The Labute approximate surface area is 148 Å². The number of aromatic nitrogens is 3. The standard InChI is InChI=1S/C18H18BrN3O2/c1-4-24-18(23)13-12(10(2)3)15(11-8-6-5-7-9-11)20-17-14(13)16(19)21-22-17/h5-10H,4H2,1-3H3,(H,20,21,22). The number of esters is 1. The fourth-order valence-corrected chi connectivity index (χ4v) is 3.29. The predicted octanol–water partition coefficient (Wildman–Crippen LogP) is 4.69. The smallest absolute Gasteiger partial charge is 0.339 e. The lowest BCUT2D eigenvalue weighted by Crippen LogP contribution is -2.12. The number of nitrogens with zero attached hydrogens (tertiary/aromatic N) is 2. The molecule has 1 aromatic carbocycles. The summed E-state index contributed by atoms with van der Waals surface area (Å²) in [5.74, 6) is -0.258. The number of fused-ring (bicyclic) bond motifs is 1. The molecular formula is C18H18BrN3O2. The molecule has 0 amide bonds. The van der Waals surface area contributed by atoms with Crippen molar-refractivity contribution >= 4 is 32.9 Å². The van der Waals surface area contributed by atoms with Gasteiger partial charge in [-0.05, 0) is 34.3 Å². The highest BCUT2D eigenvalue weighted by Crippen LogP contribution is 2.37. The first kappa shape index (κ1) is 16.6. The van der Waals surface area contributed by atoms with Gasteiger partial charge >= 0.3 is 5.97 Å². The molecule has 0 fully saturated rings. The highest BCUT2D eigenvalue weighted by atomic mass is 79.9. The topological polar surface area (TPSA) is 67.9 Å². The van der Waals surface area contributed by atoms with Crippen molar-refractivity contribution in [2.24, 2.45) is 0 Å². The van der Waals surface area contributed by atoms with Crippen molar-refractivity contribution in [3.63, 3.8) is 0 Å². The minimum atomic E-state index is -0.354. The molecule has 2 aromatic heterocycles. The molecule has 0 aliphatic carbocycles. The number of carbonyl (C=O) groups excluding carboxylic acids is 1. The lowest BCUT2D eigenvalue weighted by molar-refractivity contribution is 0.0527. The van der Waals surface area contributed by atoms with Gasteiger partial charge in [0.2, 0.25) is 0 Å². The molecule has 0 bridgehead atoms. The van der Waals surface area contributed by atoms with Gasteiger partial charge in [0.05, 0.1) is 23.3 Å². The molecule has 3 rings (SSSR count). The van der Waals surface area contributed by atoms with Crippen LogP contribution in [0, 0.1) is 0 Å². The number of pyridine rings is 1. The van der Waals surface area contributed by atoms with Crippen molar-refractivity contribution in [2.45, 2.75) is 26.7 Å². The van der Waals surface area contributed by atoms with Gasteiger partial charge in [-0.3, -0.25) is 5.10 Å². The Morgan fingerprint density at radius 2 is 2.00 bits per heavy atom. The average Bonchev–Trinajstić information content (AvgIpc) is 2.95. The summed E-state index contributed by atoms with van der Waals surface area (Å²) in [4.78, 5) is 17.4. The van der Waals surface area contributed by atoms with Gasteiger partial charge < -0.3 is 4.74 Å². The summed E-state index contributed by atoms with van der Waals surface area (Å²) >= 11 is 3.44. The quantitative estimate of drug-likeness (QED) is 0.659. The summed E-state index contributed by atoms with van der Waals surface area (Å²) in [5.41, 5.74) is 3.60. The Morgan fingerprint density at radius 1 is 1.29 bits per heavy atom. The average molecular weight is 388 g/mol. The van der Waals surface area contributed by atoms with Gasteiger partial charge in [-0.15, -0.1) is 0 Å². The summed E-state index contributed by atoms with van der Waals surface area (Å²) in [5, 5.41) is 7.74. The molecule has 0 unspecified atom stereocenters. The number of hydrogen-bond donors (Lipinski definition) is 1. The van der Waals surface area contributed by atoms with Crippen LogP contribution in [-0.4, -0.2) is 27.8 Å². The van der Waals surface area contributed by atoms with E-state index in [0.717, 1.165) is 16.8 Å². The number of rotatable bonds is 4. The largest absolute Gasteiger partial charge is 0.462 e. The van der Waals surface area contributed by atoms with Gasteiger partial charge in [0.25, 0.3) is 0 Å². The molecule has 124 valence electrons. The van der Waals surface area contributed by atoms with Crippen LogP contribution in [0.2, 0.25) is 0 Å². The van der Waals surface area contributed by atoms with Crippen LogP contribution in [0.1, 0.15) is 42.6 Å². The Bertz CT molecular complexity index is 888. The van der Waals surface area contributed by atoms with Crippen LogP contribution in [0.5, 0.6) is 0 Å². The molecule has 6 heteroatoms. The Morgan fingerprint density at radius 3 is 2.62 bits per heavy atom. The van der Waals surface area contributed by atoms with Gasteiger partial charge in [0, 0.05) is 5.56 Å². The molecule has 0 radical (unpaired) electrons. The summed E-state index contributed by atoms with van der Waals surface area (Å²) in [6.07, 6.45) is 0. The number of benzene rings is 1. The normalized spacial score (nSPS) is 11.2. The maximum atomic E-state index is 12.7. The summed E-state index contributed by atoms with van der Waals surface area (Å²) < 4.78 is 5.95. The van der Waals surface area contributed by atoms with E-state index in [0.29, 0.717) is 27.8 Å². The molecule has 0 atom stereocenters. The van der Waals surface area contributed by atoms with Crippen LogP contribution in [0.15, 0.2) is 34.9 Å². The first-order valence-corrected chi connectivity index (χ1v) is 8.63. The van der Waals surface area contributed by atoms with Crippen LogP contribution >= 0.6 is 15.9 Å². The second kappa shape index (κ2) is 6.73. The van der Waals surface area contributed by atoms with E-state index in [1.165, 1.54) is 0 Å². The van der Waals surface area contributed by atoms with Crippen LogP contribution in [-0.2, 0) is 4.74 Å². The highest BCUT2D eigenvalue weighted by molar-refractivity contribution is 9.10. The zero-order chi connectivity index (χ0) is 17.3. The number of carbonyl (C=O) groups is 1. The third-order valence-corrected chi connectivity index (χ3v) is 4.37. The Hall–Kier alpha value is -2.21. The van der Waals surface area contributed by atoms with Gasteiger partial charge in [-0.2, -0.15) is 5.10 Å². The molecule has 0 aliphatic rings. The lowest BCUT2D eigenvalue weighted by atomic mass is 9.91. The fraction of sp³-hybridized carbons (Fsp3) is 0.278. The zero-order valence-electron chi connectivity index (χ0n) is 13.8. The first-order chi connectivity index (χ1) is 11.5. The first-order valence-electron chi connectivity index (χ1n) is 7.84. The van der Waals surface area contributed by atoms with E-state index < -0.39 is 0 Å². The molecule has 5 nitrogen and oxygen atoms in total. The van der Waals surface area contributed by atoms with Gasteiger partial charge in [0.15, 0.2) is 5.65 Å². The number of H-pyrrole nitrogens is 1. The number of halogens is 1.